The molecule has 2 aliphatic heterocycles. The summed E-state index contributed by atoms with van der Waals surface area (Å²) in [5, 5.41) is 12.2. The third-order valence-electron chi connectivity index (χ3n) is 4.75. The summed E-state index contributed by atoms with van der Waals surface area (Å²) in [6, 6.07) is 9.64. The summed E-state index contributed by atoms with van der Waals surface area (Å²) in [5.41, 5.74) is 0.250. The molecule has 0 spiro atoms. The number of ether oxygens (including phenoxy) is 1. The summed E-state index contributed by atoms with van der Waals surface area (Å²) in [6.07, 6.45) is 4.94. The first-order valence-electron chi connectivity index (χ1n) is 9.49. The van der Waals surface area contributed by atoms with Gasteiger partial charge in [0.05, 0.1) is 9.83 Å². The van der Waals surface area contributed by atoms with E-state index in [0.717, 1.165) is 25.9 Å². The van der Waals surface area contributed by atoms with Crippen molar-refractivity contribution in [2.75, 3.05) is 13.1 Å². The van der Waals surface area contributed by atoms with E-state index < -0.39 is 10.7 Å². The van der Waals surface area contributed by atoms with Crippen molar-refractivity contribution in [1.82, 2.24) is 4.90 Å². The molecule has 2 aliphatic rings. The molecule has 0 aliphatic carbocycles. The molecule has 0 radical (unpaired) electrons. The van der Waals surface area contributed by atoms with Gasteiger partial charge in [0.2, 0.25) is 5.75 Å². The van der Waals surface area contributed by atoms with E-state index in [0.29, 0.717) is 15.6 Å². The van der Waals surface area contributed by atoms with Gasteiger partial charge in [-0.1, -0.05) is 6.07 Å². The van der Waals surface area contributed by atoms with Gasteiger partial charge in [-0.05, 0) is 73.0 Å². The number of aliphatic imine (C=N–C) groups is 1. The highest BCUT2D eigenvalue weighted by Gasteiger charge is 2.27. The summed E-state index contributed by atoms with van der Waals surface area (Å²) < 4.78 is 18.6. The highest BCUT2D eigenvalue weighted by Crippen LogP contribution is 2.35. The molecule has 30 heavy (non-hydrogen) atoms. The molecule has 7 nitrogen and oxygen atoms in total. The molecule has 1 fully saturated rings. The molecule has 0 atom stereocenters. The first-order valence-corrected chi connectivity index (χ1v) is 10.3. The normalized spacial score (nSPS) is 17.9. The second-order valence-electron chi connectivity index (χ2n) is 6.90. The van der Waals surface area contributed by atoms with Gasteiger partial charge < -0.3 is 9.64 Å². The van der Waals surface area contributed by atoms with Crippen molar-refractivity contribution in [2.45, 2.75) is 19.3 Å². The van der Waals surface area contributed by atoms with Gasteiger partial charge in [0, 0.05) is 19.2 Å². The molecule has 4 rings (SSSR count). The number of thioether (sulfide) groups is 1. The van der Waals surface area contributed by atoms with E-state index in [1.54, 1.807) is 12.1 Å². The summed E-state index contributed by atoms with van der Waals surface area (Å²) in [5.74, 6) is -0.449. The van der Waals surface area contributed by atoms with Gasteiger partial charge in [-0.2, -0.15) is 4.99 Å². The van der Waals surface area contributed by atoms with Gasteiger partial charge in [0.25, 0.3) is 5.91 Å². The van der Waals surface area contributed by atoms with Crippen LogP contribution >= 0.6 is 11.8 Å². The molecular formula is C21H18FN3O4S. The fourth-order valence-corrected chi connectivity index (χ4v) is 4.22. The number of hydrogen-bond acceptors (Lipinski definition) is 6. The molecule has 0 unspecified atom stereocenters. The van der Waals surface area contributed by atoms with Crippen LogP contribution in [0.3, 0.4) is 0 Å². The van der Waals surface area contributed by atoms with Gasteiger partial charge in [-0.15, -0.1) is 0 Å². The van der Waals surface area contributed by atoms with Crippen molar-refractivity contribution in [1.29, 1.82) is 0 Å². The van der Waals surface area contributed by atoms with E-state index in [1.165, 1.54) is 54.6 Å². The van der Waals surface area contributed by atoms with Crippen molar-refractivity contribution >= 4 is 34.6 Å². The van der Waals surface area contributed by atoms with Crippen LogP contribution in [-0.2, 0) is 4.79 Å². The Kier molecular flexibility index (Phi) is 5.80. The Labute approximate surface area is 176 Å². The van der Waals surface area contributed by atoms with Crippen LogP contribution in [0.2, 0.25) is 0 Å². The molecular weight excluding hydrogens is 409 g/mol. The smallest absolute Gasteiger partial charge is 0.312 e. The fraction of sp³-hybridized carbons (Fsp3) is 0.238. The molecule has 0 aromatic heterocycles. The number of amidine groups is 1. The molecule has 2 aromatic carbocycles. The molecule has 154 valence electrons. The standard InChI is InChI=1S/C21H18FN3O4S/c22-15-5-7-16(8-6-15)29-18-9-4-14(12-17(18)25(27)28)13-19-20(26)23-21(30-19)24-10-2-1-3-11-24/h4-9,12-13H,1-3,10-11H2/b19-13-. The molecule has 0 saturated carbocycles. The lowest BCUT2D eigenvalue weighted by Crippen LogP contribution is -2.33. The van der Waals surface area contributed by atoms with Crippen molar-refractivity contribution < 1.29 is 18.8 Å². The van der Waals surface area contributed by atoms with E-state index >= 15 is 0 Å². The highest BCUT2D eigenvalue weighted by atomic mass is 32.2. The number of hydrogen-bond donors (Lipinski definition) is 0. The second kappa shape index (κ2) is 8.66. The Bertz CT molecular complexity index is 1050. The zero-order valence-corrected chi connectivity index (χ0v) is 16.7. The highest BCUT2D eigenvalue weighted by molar-refractivity contribution is 8.18. The van der Waals surface area contributed by atoms with Crippen molar-refractivity contribution in [3.05, 3.63) is 68.9 Å². The number of rotatable bonds is 4. The maximum Gasteiger partial charge on any atom is 0.312 e. The number of nitrogens with zero attached hydrogens (tertiary/aromatic N) is 3. The van der Waals surface area contributed by atoms with Gasteiger partial charge in [0.1, 0.15) is 11.6 Å². The number of piperidine rings is 1. The number of carbonyl (C=O) groups is 1. The van der Waals surface area contributed by atoms with Gasteiger partial charge >= 0.3 is 5.69 Å². The number of benzene rings is 2. The Morgan fingerprint density at radius 2 is 1.87 bits per heavy atom. The average Bonchev–Trinajstić information content (AvgIpc) is 3.11. The molecule has 0 N–H and O–H groups in total. The van der Waals surface area contributed by atoms with Crippen LogP contribution in [0.1, 0.15) is 24.8 Å². The molecule has 0 bridgehead atoms. The maximum atomic E-state index is 13.0. The largest absolute Gasteiger partial charge is 0.450 e. The predicted octanol–water partition coefficient (Wildman–Crippen LogP) is 4.98. The Hall–Kier alpha value is -3.20. The Morgan fingerprint density at radius 3 is 2.57 bits per heavy atom. The number of nitro benzene ring substituents is 1. The number of likely N-dealkylation sites (tertiary alicyclic amines) is 1. The first kappa shape index (κ1) is 20.1. The van der Waals surface area contributed by atoms with E-state index in [-0.39, 0.29) is 23.1 Å². The van der Waals surface area contributed by atoms with E-state index in [2.05, 4.69) is 9.89 Å². The quantitative estimate of drug-likeness (QED) is 0.389. The topological polar surface area (TPSA) is 85.0 Å². The third-order valence-corrected chi connectivity index (χ3v) is 5.80. The van der Waals surface area contributed by atoms with Crippen LogP contribution in [0, 0.1) is 15.9 Å². The third kappa shape index (κ3) is 4.51. The minimum atomic E-state index is -0.555. The zero-order chi connectivity index (χ0) is 21.1. The minimum absolute atomic E-state index is 0.0319. The van der Waals surface area contributed by atoms with E-state index in [1.807, 2.05) is 0 Å². The summed E-state index contributed by atoms with van der Waals surface area (Å²) in [6.45, 7) is 1.76. The SMILES string of the molecule is O=C1N=C(N2CCCCC2)S/C1=C\c1ccc(Oc2ccc(F)cc2)c([N+](=O)[O-])c1. The molecule has 9 heteroatoms. The van der Waals surface area contributed by atoms with Crippen molar-refractivity contribution in [3.8, 4) is 11.5 Å². The molecule has 2 aromatic rings. The summed E-state index contributed by atoms with van der Waals surface area (Å²) >= 11 is 1.29. The Morgan fingerprint density at radius 1 is 1.13 bits per heavy atom. The maximum absolute atomic E-state index is 13.0. The second-order valence-corrected chi connectivity index (χ2v) is 7.91. The lowest BCUT2D eigenvalue weighted by Gasteiger charge is -2.27. The monoisotopic (exact) mass is 427 g/mol. The zero-order valence-electron chi connectivity index (χ0n) is 15.9. The fourth-order valence-electron chi connectivity index (χ4n) is 3.25. The van der Waals surface area contributed by atoms with Crippen molar-refractivity contribution in [2.24, 2.45) is 4.99 Å². The van der Waals surface area contributed by atoms with Crippen LogP contribution in [0.5, 0.6) is 11.5 Å². The Balaban J connectivity index is 1.55. The van der Waals surface area contributed by atoms with Crippen LogP contribution < -0.4 is 4.74 Å². The number of amides is 1. The van der Waals surface area contributed by atoms with E-state index in [4.69, 9.17) is 4.74 Å². The van der Waals surface area contributed by atoms with Crippen LogP contribution in [0.15, 0.2) is 52.4 Å². The first-order chi connectivity index (χ1) is 14.5. The number of halogens is 1. The minimum Gasteiger partial charge on any atom is -0.450 e. The molecule has 1 saturated heterocycles. The number of carbonyl (C=O) groups excluding carboxylic acids is 1. The number of nitro groups is 1. The lowest BCUT2D eigenvalue weighted by atomic mass is 10.1. The summed E-state index contributed by atoms with van der Waals surface area (Å²) in [4.78, 5) is 29.9. The van der Waals surface area contributed by atoms with Crippen LogP contribution in [0.25, 0.3) is 6.08 Å². The van der Waals surface area contributed by atoms with Gasteiger partial charge in [0.15, 0.2) is 5.17 Å². The van der Waals surface area contributed by atoms with Gasteiger partial charge in [-0.3, -0.25) is 14.9 Å². The van der Waals surface area contributed by atoms with Crippen LogP contribution in [-0.4, -0.2) is 34.0 Å². The van der Waals surface area contributed by atoms with Crippen molar-refractivity contribution in [3.63, 3.8) is 0 Å². The molecule has 2 heterocycles. The predicted molar refractivity (Wildman–Crippen MR) is 113 cm³/mol. The van der Waals surface area contributed by atoms with Gasteiger partial charge in [-0.25, -0.2) is 4.39 Å². The summed E-state index contributed by atoms with van der Waals surface area (Å²) in [7, 11) is 0. The molecule has 1 amide bonds. The average molecular weight is 427 g/mol. The lowest BCUT2D eigenvalue weighted by molar-refractivity contribution is -0.385. The van der Waals surface area contributed by atoms with Crippen LogP contribution in [0.4, 0.5) is 10.1 Å². The van der Waals surface area contributed by atoms with E-state index in [9.17, 15) is 19.3 Å².